The molecule has 2 aromatic rings. The van der Waals surface area contributed by atoms with Gasteiger partial charge in [-0.25, -0.2) is 14.1 Å². The zero-order valence-electron chi connectivity index (χ0n) is 14.5. The molecule has 1 saturated heterocycles. The number of imide groups is 1. The van der Waals surface area contributed by atoms with Gasteiger partial charge in [0.25, 0.3) is 5.91 Å². The third kappa shape index (κ3) is 3.87. The third-order valence-electron chi connectivity index (χ3n) is 4.20. The van der Waals surface area contributed by atoms with Crippen LogP contribution in [0.4, 0.5) is 20.6 Å². The number of benzene rings is 2. The largest absolute Gasteiger partial charge is 0.322 e. The van der Waals surface area contributed by atoms with Gasteiger partial charge in [-0.1, -0.05) is 24.3 Å². The number of para-hydroxylation sites is 1. The van der Waals surface area contributed by atoms with E-state index in [-0.39, 0.29) is 18.7 Å². The molecule has 27 heavy (non-hydrogen) atoms. The lowest BCUT2D eigenvalue weighted by molar-refractivity contribution is -0.122. The fourth-order valence-corrected chi connectivity index (χ4v) is 2.93. The van der Waals surface area contributed by atoms with Crippen LogP contribution in [0, 0.1) is 5.82 Å². The van der Waals surface area contributed by atoms with Crippen LogP contribution in [0.1, 0.15) is 6.42 Å². The molecule has 7 heteroatoms. The standard InChI is InChI=1S/C20H18FN3O3/c1-2-12-23(20(27)22-15-6-4-3-5-7-15)17-13-18(25)24(19(17)26)16-10-8-14(21)9-11-16/h2-11,17H,1,12-13H2,(H,22,27)/t17-/m1/s1. The predicted molar refractivity (Wildman–Crippen MR) is 99.7 cm³/mol. The highest BCUT2D eigenvalue weighted by atomic mass is 19.1. The summed E-state index contributed by atoms with van der Waals surface area (Å²) >= 11 is 0. The lowest BCUT2D eigenvalue weighted by atomic mass is 10.2. The maximum absolute atomic E-state index is 13.1. The van der Waals surface area contributed by atoms with E-state index in [1.165, 1.54) is 35.2 Å². The number of nitrogens with zero attached hydrogens (tertiary/aromatic N) is 2. The van der Waals surface area contributed by atoms with Crippen molar-refractivity contribution in [2.75, 3.05) is 16.8 Å². The van der Waals surface area contributed by atoms with Crippen molar-refractivity contribution >= 4 is 29.2 Å². The molecule has 1 N–H and O–H groups in total. The van der Waals surface area contributed by atoms with Crippen molar-refractivity contribution in [3.05, 3.63) is 73.1 Å². The Bertz CT molecular complexity index is 868. The van der Waals surface area contributed by atoms with Crippen molar-refractivity contribution in [1.29, 1.82) is 0 Å². The number of carbonyl (C=O) groups excluding carboxylic acids is 3. The smallest absolute Gasteiger partial charge is 0.308 e. The van der Waals surface area contributed by atoms with Gasteiger partial charge in [0, 0.05) is 12.2 Å². The van der Waals surface area contributed by atoms with Crippen LogP contribution in [0.25, 0.3) is 0 Å². The Morgan fingerprint density at radius 1 is 1.19 bits per heavy atom. The number of carbonyl (C=O) groups is 3. The van der Waals surface area contributed by atoms with Gasteiger partial charge in [0.1, 0.15) is 11.9 Å². The highest BCUT2D eigenvalue weighted by molar-refractivity contribution is 6.23. The van der Waals surface area contributed by atoms with Crippen LogP contribution in [0.15, 0.2) is 67.3 Å². The molecule has 1 aliphatic rings. The minimum absolute atomic E-state index is 0.0968. The number of nitrogens with one attached hydrogen (secondary N) is 1. The van der Waals surface area contributed by atoms with Gasteiger partial charge in [-0.3, -0.25) is 9.59 Å². The Balaban J connectivity index is 1.82. The zero-order chi connectivity index (χ0) is 19.4. The highest BCUT2D eigenvalue weighted by Gasteiger charge is 2.44. The molecule has 138 valence electrons. The van der Waals surface area contributed by atoms with E-state index in [9.17, 15) is 18.8 Å². The topological polar surface area (TPSA) is 69.7 Å². The maximum Gasteiger partial charge on any atom is 0.322 e. The van der Waals surface area contributed by atoms with Gasteiger partial charge in [0.2, 0.25) is 5.91 Å². The van der Waals surface area contributed by atoms with Crippen LogP contribution < -0.4 is 10.2 Å². The molecule has 0 aromatic heterocycles. The molecule has 0 unspecified atom stereocenters. The molecule has 0 aliphatic carbocycles. The molecule has 1 heterocycles. The number of rotatable bonds is 5. The summed E-state index contributed by atoms with van der Waals surface area (Å²) in [7, 11) is 0. The molecule has 0 radical (unpaired) electrons. The molecular formula is C20H18FN3O3. The predicted octanol–water partition coefficient (Wildman–Crippen LogP) is 3.18. The van der Waals surface area contributed by atoms with Crippen LogP contribution in [0.5, 0.6) is 0 Å². The van der Waals surface area contributed by atoms with Gasteiger partial charge >= 0.3 is 6.03 Å². The summed E-state index contributed by atoms with van der Waals surface area (Å²) in [5.41, 5.74) is 0.847. The molecule has 2 aromatic carbocycles. The molecule has 1 aliphatic heterocycles. The fourth-order valence-electron chi connectivity index (χ4n) is 2.93. The summed E-state index contributed by atoms with van der Waals surface area (Å²) in [6.45, 7) is 3.72. The zero-order valence-corrected chi connectivity index (χ0v) is 14.5. The average molecular weight is 367 g/mol. The normalized spacial score (nSPS) is 16.3. The average Bonchev–Trinajstić information content (AvgIpc) is 2.95. The first-order chi connectivity index (χ1) is 13.0. The van der Waals surface area contributed by atoms with E-state index in [1.807, 2.05) is 6.07 Å². The number of anilines is 2. The molecule has 3 rings (SSSR count). The van der Waals surface area contributed by atoms with Crippen molar-refractivity contribution in [3.8, 4) is 0 Å². The lowest BCUT2D eigenvalue weighted by Gasteiger charge is -2.26. The Labute approximate surface area is 155 Å². The summed E-state index contributed by atoms with van der Waals surface area (Å²) in [5, 5.41) is 2.71. The van der Waals surface area contributed by atoms with Crippen LogP contribution in [0.3, 0.4) is 0 Å². The minimum Gasteiger partial charge on any atom is -0.308 e. The molecule has 0 bridgehead atoms. The first kappa shape index (κ1) is 18.3. The second-order valence-corrected chi connectivity index (χ2v) is 6.00. The summed E-state index contributed by atoms with van der Waals surface area (Å²) in [6.07, 6.45) is 1.34. The van der Waals surface area contributed by atoms with E-state index in [2.05, 4.69) is 11.9 Å². The Morgan fingerprint density at radius 2 is 1.85 bits per heavy atom. The van der Waals surface area contributed by atoms with E-state index in [1.54, 1.807) is 24.3 Å². The van der Waals surface area contributed by atoms with Gasteiger partial charge in [0.05, 0.1) is 12.1 Å². The van der Waals surface area contributed by atoms with Crippen molar-refractivity contribution in [2.24, 2.45) is 0 Å². The number of urea groups is 1. The molecule has 1 atom stereocenters. The summed E-state index contributed by atoms with van der Waals surface area (Å²) in [5.74, 6) is -1.44. The molecule has 6 nitrogen and oxygen atoms in total. The second-order valence-electron chi connectivity index (χ2n) is 6.00. The van der Waals surface area contributed by atoms with Gasteiger partial charge < -0.3 is 10.2 Å². The molecule has 0 spiro atoms. The second kappa shape index (κ2) is 7.82. The number of halogens is 1. The Hall–Kier alpha value is -3.48. The van der Waals surface area contributed by atoms with Crippen LogP contribution in [-0.4, -0.2) is 35.3 Å². The van der Waals surface area contributed by atoms with E-state index < -0.39 is 29.7 Å². The van der Waals surface area contributed by atoms with E-state index in [0.717, 1.165) is 4.90 Å². The first-order valence-corrected chi connectivity index (χ1v) is 8.37. The highest BCUT2D eigenvalue weighted by Crippen LogP contribution is 2.26. The summed E-state index contributed by atoms with van der Waals surface area (Å²) in [4.78, 5) is 40.1. The van der Waals surface area contributed by atoms with Crippen LogP contribution in [0.2, 0.25) is 0 Å². The molecular weight excluding hydrogens is 349 g/mol. The Kier molecular flexibility index (Phi) is 5.30. The van der Waals surface area contributed by atoms with Crippen LogP contribution in [-0.2, 0) is 9.59 Å². The molecule has 1 fully saturated rings. The number of hydrogen-bond donors (Lipinski definition) is 1. The maximum atomic E-state index is 13.1. The van der Waals surface area contributed by atoms with Gasteiger partial charge in [-0.05, 0) is 36.4 Å². The van der Waals surface area contributed by atoms with Gasteiger partial charge in [0.15, 0.2) is 0 Å². The summed E-state index contributed by atoms with van der Waals surface area (Å²) < 4.78 is 13.1. The minimum atomic E-state index is -0.954. The van der Waals surface area contributed by atoms with Crippen LogP contribution >= 0.6 is 0 Å². The van der Waals surface area contributed by atoms with E-state index >= 15 is 0 Å². The lowest BCUT2D eigenvalue weighted by Crippen LogP contribution is -2.47. The first-order valence-electron chi connectivity index (χ1n) is 8.37. The Morgan fingerprint density at radius 3 is 2.48 bits per heavy atom. The fraction of sp³-hybridized carbons (Fsp3) is 0.150. The van der Waals surface area contributed by atoms with Gasteiger partial charge in [-0.2, -0.15) is 0 Å². The third-order valence-corrected chi connectivity index (χ3v) is 4.20. The van der Waals surface area contributed by atoms with E-state index in [4.69, 9.17) is 0 Å². The molecule has 0 saturated carbocycles. The van der Waals surface area contributed by atoms with Crippen molar-refractivity contribution in [1.82, 2.24) is 4.90 Å². The summed E-state index contributed by atoms with van der Waals surface area (Å²) in [6, 6.07) is 12.4. The quantitative estimate of drug-likeness (QED) is 0.652. The van der Waals surface area contributed by atoms with Crippen molar-refractivity contribution in [2.45, 2.75) is 12.5 Å². The van der Waals surface area contributed by atoms with Crippen molar-refractivity contribution < 1.29 is 18.8 Å². The molecule has 4 amide bonds. The number of hydrogen-bond acceptors (Lipinski definition) is 3. The van der Waals surface area contributed by atoms with E-state index in [0.29, 0.717) is 5.69 Å². The SMILES string of the molecule is C=CCN(C(=O)Nc1ccccc1)[C@@H]1CC(=O)N(c2ccc(F)cc2)C1=O. The van der Waals surface area contributed by atoms with Crippen molar-refractivity contribution in [3.63, 3.8) is 0 Å². The monoisotopic (exact) mass is 367 g/mol. The number of amides is 4. The van der Waals surface area contributed by atoms with Gasteiger partial charge in [-0.15, -0.1) is 6.58 Å².